The van der Waals surface area contributed by atoms with Crippen LogP contribution in [0.5, 0.6) is 0 Å². The monoisotopic (exact) mass is 562 g/mol. The van der Waals surface area contributed by atoms with Gasteiger partial charge in [0.2, 0.25) is 11.8 Å². The van der Waals surface area contributed by atoms with Crippen LogP contribution in [0.25, 0.3) is 0 Å². The summed E-state index contributed by atoms with van der Waals surface area (Å²) in [5, 5.41) is 30.7. The van der Waals surface area contributed by atoms with Crippen molar-refractivity contribution in [1.29, 1.82) is 0 Å². The average molecular weight is 563 g/mol. The molecule has 9 N–H and O–H groups in total. The maximum atomic E-state index is 12.0. The third kappa shape index (κ3) is 17.7. The normalized spacial score (nSPS) is 13.5. The summed E-state index contributed by atoms with van der Waals surface area (Å²) in [5.41, 5.74) is 11.3. The molecule has 0 rings (SSSR count). The van der Waals surface area contributed by atoms with Gasteiger partial charge in [-0.15, -0.1) is 0 Å². The second kappa shape index (κ2) is 20.9. The van der Waals surface area contributed by atoms with Gasteiger partial charge in [0.15, 0.2) is 0 Å². The van der Waals surface area contributed by atoms with E-state index in [2.05, 4.69) is 10.1 Å². The molecule has 0 radical (unpaired) electrons. The van der Waals surface area contributed by atoms with E-state index in [1.165, 1.54) is 0 Å². The number of nitrogens with two attached hydrogens (primary N) is 2. The van der Waals surface area contributed by atoms with E-state index in [0.29, 0.717) is 0 Å². The smallest absolute Gasteiger partial charge is 0.481 e. The molecule has 4 atom stereocenters. The topological polar surface area (TPSA) is 248 Å². The zero-order valence-corrected chi connectivity index (χ0v) is 26.2. The van der Waals surface area contributed by atoms with Crippen LogP contribution >= 0.6 is 21.6 Å². The molecule has 0 bridgehead atoms. The Kier molecular flexibility index (Phi) is 24.2. The molecule has 0 aromatic heterocycles. The van der Waals surface area contributed by atoms with Gasteiger partial charge in [0.05, 0.1) is 32.0 Å². The Morgan fingerprint density at radius 2 is 1.15 bits per heavy atom. The van der Waals surface area contributed by atoms with Gasteiger partial charge in [-0.3, -0.25) is 19.2 Å². The van der Waals surface area contributed by atoms with Gasteiger partial charge in [-0.1, -0.05) is 21.6 Å². The molecular weight excluding hydrogens is 539 g/mol. The summed E-state index contributed by atoms with van der Waals surface area (Å²) in [6.45, 7) is 0. The molecule has 2 amide bonds. The van der Waals surface area contributed by atoms with Crippen molar-refractivity contribution in [1.82, 2.24) is 10.6 Å². The Hall–Kier alpha value is 0.713. The number of nitrogens with one attached hydrogen (secondary N) is 2. The van der Waals surface area contributed by atoms with E-state index in [4.69, 9.17) is 26.8 Å². The molecule has 0 aliphatic carbocycles. The summed E-state index contributed by atoms with van der Waals surface area (Å²) in [6, 6.07) is -5.42. The second-order valence-corrected chi connectivity index (χ2v) is 8.51. The molecule has 0 saturated heterocycles. The summed E-state index contributed by atoms with van der Waals surface area (Å²) in [5.74, 6) is -6.87. The summed E-state index contributed by atoms with van der Waals surface area (Å²) < 4.78 is 4.35. The van der Waals surface area contributed by atoms with Gasteiger partial charge in [0.25, 0.3) is 0 Å². The molecule has 0 aliphatic rings. The number of carboxylic acid groups (broad SMARTS) is 3. The van der Waals surface area contributed by atoms with Crippen LogP contribution in [0, 0.1) is 0 Å². The molecule has 0 heterocycles. The average Bonchev–Trinajstić information content (AvgIpc) is 2.68. The summed E-state index contributed by atoms with van der Waals surface area (Å²) >= 11 is 0. The van der Waals surface area contributed by atoms with Crippen LogP contribution in [0.1, 0.15) is 12.8 Å². The number of hydrogen-bond acceptors (Lipinski definition) is 11. The van der Waals surface area contributed by atoms with Crippen LogP contribution < -0.4 is 125 Å². The van der Waals surface area contributed by atoms with E-state index in [1.807, 2.05) is 5.32 Å². The second-order valence-electron chi connectivity index (χ2n) is 5.96. The molecule has 18 heteroatoms. The third-order valence-corrected chi connectivity index (χ3v) is 5.93. The van der Waals surface area contributed by atoms with Gasteiger partial charge in [0.1, 0.15) is 12.1 Å². The fourth-order valence-corrected chi connectivity index (χ4v) is 4.02. The number of methoxy groups -OCH3 is 1. The summed E-state index contributed by atoms with van der Waals surface area (Å²) in [4.78, 5) is 67.7. The van der Waals surface area contributed by atoms with E-state index in [-0.39, 0.29) is 114 Å². The third-order valence-electron chi connectivity index (χ3n) is 3.46. The summed E-state index contributed by atoms with van der Waals surface area (Å²) in [7, 11) is 3.16. The molecule has 0 aromatic rings. The van der Waals surface area contributed by atoms with Crippen molar-refractivity contribution in [2.75, 3.05) is 18.6 Å². The Labute approximate surface area is 282 Å². The van der Waals surface area contributed by atoms with Gasteiger partial charge >= 0.3 is 127 Å². The zero-order valence-electron chi connectivity index (χ0n) is 18.3. The number of ether oxygens (including phenoxy) is 1. The number of rotatable bonds is 15. The maximum Gasteiger partial charge on any atom is 1.00 e. The fraction of sp³-hybridized carbons (Fsp3) is 0.600. The molecule has 0 spiro atoms. The van der Waals surface area contributed by atoms with Gasteiger partial charge in [0, 0.05) is 11.5 Å². The number of aliphatic carboxylic acids is 3. The van der Waals surface area contributed by atoms with Gasteiger partial charge < -0.3 is 42.2 Å². The first-order chi connectivity index (χ1) is 14.4. The summed E-state index contributed by atoms with van der Waals surface area (Å²) in [6.07, 6.45) is -1.39. The SMILES string of the molecule is COC(=O)CC(NC(=O)C(N)CSSCC(N)C(=O)NC(CC(=O)O)C(=O)O)C(=O)O.[K+].[K+]. The Morgan fingerprint density at radius 1 is 0.788 bits per heavy atom. The molecular formula is C15H24K2N4O10S2+2. The molecule has 0 fully saturated rings. The molecule has 0 saturated carbocycles. The maximum absolute atomic E-state index is 12.0. The minimum Gasteiger partial charge on any atom is -0.481 e. The minimum atomic E-state index is -1.63. The molecule has 176 valence electrons. The first-order valence-corrected chi connectivity index (χ1v) is 11.0. The Morgan fingerprint density at radius 3 is 1.45 bits per heavy atom. The molecule has 0 aliphatic heterocycles. The fourth-order valence-electron chi connectivity index (χ4n) is 1.78. The number of carboxylic acids is 3. The Bertz CT molecular complexity index is 704. The van der Waals surface area contributed by atoms with E-state index in [1.54, 1.807) is 0 Å². The standard InChI is InChI=1S/C15H24N4O10S2.2K/c1-29-11(22)3-9(15(27)28)19-13(24)7(17)5-31-30-4-6(16)12(23)18-8(14(25)26)2-10(20)21;;/h6-9H,2-5,16-17H2,1H3,(H,18,23)(H,19,24)(H,20,21)(H,25,26)(H,27,28);;/q;2*+1. The van der Waals surface area contributed by atoms with Gasteiger partial charge in [-0.2, -0.15) is 0 Å². The first-order valence-electron chi connectivity index (χ1n) is 8.49. The van der Waals surface area contributed by atoms with Crippen LogP contribution in [0.15, 0.2) is 0 Å². The van der Waals surface area contributed by atoms with Crippen LogP contribution in [-0.2, 0) is 33.5 Å². The predicted octanol–water partition coefficient (Wildman–Crippen LogP) is -8.79. The van der Waals surface area contributed by atoms with Crippen LogP contribution in [0.3, 0.4) is 0 Å². The van der Waals surface area contributed by atoms with Crippen molar-refractivity contribution < 1.29 is 152 Å². The van der Waals surface area contributed by atoms with Crippen molar-refractivity contribution in [3.63, 3.8) is 0 Å². The van der Waals surface area contributed by atoms with Crippen molar-refractivity contribution >= 4 is 57.3 Å². The molecule has 4 unspecified atom stereocenters. The number of amides is 2. The van der Waals surface area contributed by atoms with Crippen molar-refractivity contribution in [3.05, 3.63) is 0 Å². The van der Waals surface area contributed by atoms with E-state index in [0.717, 1.165) is 28.7 Å². The number of hydrogen-bond donors (Lipinski definition) is 7. The quantitative estimate of drug-likeness (QED) is 0.0424. The Balaban J connectivity index is -0.00000450. The van der Waals surface area contributed by atoms with E-state index >= 15 is 0 Å². The van der Waals surface area contributed by atoms with Gasteiger partial charge in [-0.05, 0) is 0 Å². The number of carbonyl (C=O) groups excluding carboxylic acids is 3. The van der Waals surface area contributed by atoms with Crippen LogP contribution in [0.4, 0.5) is 0 Å². The molecule has 14 nitrogen and oxygen atoms in total. The predicted molar refractivity (Wildman–Crippen MR) is 109 cm³/mol. The number of esters is 1. The van der Waals surface area contributed by atoms with Crippen molar-refractivity contribution in [2.24, 2.45) is 11.5 Å². The molecule has 0 aromatic carbocycles. The largest absolute Gasteiger partial charge is 1.00 e. The van der Waals surface area contributed by atoms with Crippen LogP contribution in [-0.4, -0.2) is 93.8 Å². The van der Waals surface area contributed by atoms with Crippen molar-refractivity contribution in [3.8, 4) is 0 Å². The first kappa shape index (κ1) is 38.2. The minimum absolute atomic E-state index is 0. The molecule has 33 heavy (non-hydrogen) atoms. The number of carbonyl (C=O) groups is 6. The van der Waals surface area contributed by atoms with Crippen molar-refractivity contribution in [2.45, 2.75) is 37.0 Å². The van der Waals surface area contributed by atoms with E-state index in [9.17, 15) is 28.8 Å². The van der Waals surface area contributed by atoms with E-state index < -0.39 is 72.7 Å². The van der Waals surface area contributed by atoms with Gasteiger partial charge in [-0.25, -0.2) is 9.59 Å². The zero-order chi connectivity index (χ0) is 24.1. The van der Waals surface area contributed by atoms with Crippen LogP contribution in [0.2, 0.25) is 0 Å².